The third kappa shape index (κ3) is 1.11. The van der Waals surface area contributed by atoms with Crippen molar-refractivity contribution in [3.05, 3.63) is 30.0 Å². The molecule has 0 saturated carbocycles. The molecule has 3 nitrogen and oxygen atoms in total. The van der Waals surface area contributed by atoms with Crippen LogP contribution in [0.3, 0.4) is 0 Å². The normalized spacial score (nSPS) is 17.2. The highest BCUT2D eigenvalue weighted by molar-refractivity contribution is 6.35. The molecule has 0 aliphatic carbocycles. The van der Waals surface area contributed by atoms with Crippen LogP contribution in [0.15, 0.2) is 24.5 Å². The lowest BCUT2D eigenvalue weighted by atomic mass is 9.94. The summed E-state index contributed by atoms with van der Waals surface area (Å²) in [5.41, 5.74) is 2.94. The summed E-state index contributed by atoms with van der Waals surface area (Å²) in [5, 5.41) is 11.5. The summed E-state index contributed by atoms with van der Waals surface area (Å²) in [6.45, 7) is 0. The highest BCUT2D eigenvalue weighted by Crippen LogP contribution is 2.29. The molecule has 2 N–H and O–H groups in total. The molecular formula is C9H8BNO2. The summed E-state index contributed by atoms with van der Waals surface area (Å²) in [4.78, 5) is 11.2. The SMILES string of the molecule is Bc1ccc2c(c1)NC(=O)/C2=C\O. The zero-order chi connectivity index (χ0) is 9.42. The lowest BCUT2D eigenvalue weighted by Crippen LogP contribution is -2.05. The molecule has 0 unspecified atom stereocenters. The second-order valence-electron chi connectivity index (χ2n) is 3.05. The van der Waals surface area contributed by atoms with E-state index in [0.29, 0.717) is 5.57 Å². The Morgan fingerprint density at radius 2 is 2.23 bits per heavy atom. The van der Waals surface area contributed by atoms with Gasteiger partial charge in [0.25, 0.3) is 5.91 Å². The molecule has 0 saturated heterocycles. The molecule has 0 spiro atoms. The van der Waals surface area contributed by atoms with Gasteiger partial charge in [0, 0.05) is 11.3 Å². The molecule has 0 bridgehead atoms. The third-order valence-electron chi connectivity index (χ3n) is 2.09. The standard InChI is InChI=1S/C9H8BNO2/c10-5-1-2-6-7(4-12)9(13)11-8(6)3-5/h1-4,12H,10H2,(H,11,13)/b7-4-. The summed E-state index contributed by atoms with van der Waals surface area (Å²) in [7, 11) is 1.95. The van der Waals surface area contributed by atoms with Crippen LogP contribution in [0, 0.1) is 0 Å². The largest absolute Gasteiger partial charge is 0.515 e. The fourth-order valence-corrected chi connectivity index (χ4v) is 1.44. The number of hydrogen-bond acceptors (Lipinski definition) is 2. The molecule has 1 heterocycles. The minimum Gasteiger partial charge on any atom is -0.515 e. The molecule has 0 radical (unpaired) electrons. The summed E-state index contributed by atoms with van der Waals surface area (Å²) >= 11 is 0. The number of fused-ring (bicyclic) bond motifs is 1. The predicted molar refractivity (Wildman–Crippen MR) is 53.9 cm³/mol. The van der Waals surface area contributed by atoms with Crippen LogP contribution in [0.4, 0.5) is 5.69 Å². The number of carbonyl (C=O) groups excluding carboxylic acids is 1. The van der Waals surface area contributed by atoms with Crippen molar-refractivity contribution in [3.8, 4) is 0 Å². The van der Waals surface area contributed by atoms with E-state index in [9.17, 15) is 4.79 Å². The molecule has 0 aromatic heterocycles. The molecule has 64 valence electrons. The van der Waals surface area contributed by atoms with Crippen molar-refractivity contribution in [2.24, 2.45) is 0 Å². The van der Waals surface area contributed by atoms with Crippen LogP contribution in [0.1, 0.15) is 5.56 Å². The van der Waals surface area contributed by atoms with E-state index in [1.807, 2.05) is 26.0 Å². The number of nitrogens with one attached hydrogen (secondary N) is 1. The maximum Gasteiger partial charge on any atom is 0.259 e. The molecule has 1 aromatic carbocycles. The predicted octanol–water partition coefficient (Wildman–Crippen LogP) is -0.204. The zero-order valence-corrected chi connectivity index (χ0v) is 7.16. The van der Waals surface area contributed by atoms with E-state index in [4.69, 9.17) is 5.11 Å². The van der Waals surface area contributed by atoms with Crippen LogP contribution in [-0.4, -0.2) is 18.9 Å². The Hall–Kier alpha value is -1.71. The number of amides is 1. The van der Waals surface area contributed by atoms with Gasteiger partial charge in [-0.25, -0.2) is 0 Å². The van der Waals surface area contributed by atoms with Gasteiger partial charge in [-0.3, -0.25) is 4.79 Å². The van der Waals surface area contributed by atoms with Crippen LogP contribution in [0.25, 0.3) is 5.57 Å². The number of anilines is 1. The lowest BCUT2D eigenvalue weighted by Gasteiger charge is -1.98. The highest BCUT2D eigenvalue weighted by Gasteiger charge is 2.23. The number of carbonyl (C=O) groups is 1. The van der Waals surface area contributed by atoms with E-state index in [1.165, 1.54) is 0 Å². The average Bonchev–Trinajstić information content (AvgIpc) is 2.39. The van der Waals surface area contributed by atoms with E-state index >= 15 is 0 Å². The summed E-state index contributed by atoms with van der Waals surface area (Å²) in [5.74, 6) is -0.247. The minimum absolute atomic E-state index is 0.247. The van der Waals surface area contributed by atoms with Crippen LogP contribution < -0.4 is 10.8 Å². The first kappa shape index (κ1) is 7.92. The number of benzene rings is 1. The molecule has 2 rings (SSSR count). The van der Waals surface area contributed by atoms with Gasteiger partial charge in [0.1, 0.15) is 7.85 Å². The van der Waals surface area contributed by atoms with Crippen molar-refractivity contribution in [2.75, 3.05) is 5.32 Å². The molecule has 1 aliphatic rings. The van der Waals surface area contributed by atoms with E-state index in [1.54, 1.807) is 0 Å². The van der Waals surface area contributed by atoms with E-state index < -0.39 is 0 Å². The number of rotatable bonds is 0. The quantitative estimate of drug-likeness (QED) is 0.324. The highest BCUT2D eigenvalue weighted by atomic mass is 16.2. The van der Waals surface area contributed by atoms with Crippen molar-refractivity contribution < 1.29 is 9.90 Å². The Bertz CT molecular complexity index is 412. The fourth-order valence-electron chi connectivity index (χ4n) is 1.44. The zero-order valence-electron chi connectivity index (χ0n) is 7.16. The monoisotopic (exact) mass is 173 g/mol. The topological polar surface area (TPSA) is 49.3 Å². The lowest BCUT2D eigenvalue weighted by molar-refractivity contribution is -0.110. The first-order valence-electron chi connectivity index (χ1n) is 3.99. The Morgan fingerprint density at radius 1 is 1.46 bits per heavy atom. The molecule has 13 heavy (non-hydrogen) atoms. The van der Waals surface area contributed by atoms with E-state index in [-0.39, 0.29) is 5.91 Å². The Labute approximate surface area is 76.5 Å². The fraction of sp³-hybridized carbons (Fsp3) is 0. The van der Waals surface area contributed by atoms with Gasteiger partial charge < -0.3 is 10.4 Å². The van der Waals surface area contributed by atoms with Gasteiger partial charge >= 0.3 is 0 Å². The minimum atomic E-state index is -0.247. The van der Waals surface area contributed by atoms with Gasteiger partial charge in [0.2, 0.25) is 0 Å². The van der Waals surface area contributed by atoms with Crippen LogP contribution >= 0.6 is 0 Å². The van der Waals surface area contributed by atoms with Gasteiger partial charge in [-0.1, -0.05) is 17.6 Å². The van der Waals surface area contributed by atoms with Crippen LogP contribution in [0.2, 0.25) is 0 Å². The van der Waals surface area contributed by atoms with Gasteiger partial charge in [0.05, 0.1) is 11.8 Å². The van der Waals surface area contributed by atoms with Crippen LogP contribution in [0.5, 0.6) is 0 Å². The van der Waals surface area contributed by atoms with Crippen molar-refractivity contribution in [1.29, 1.82) is 0 Å². The van der Waals surface area contributed by atoms with Gasteiger partial charge in [-0.2, -0.15) is 0 Å². The molecule has 0 fully saturated rings. The molecule has 0 atom stereocenters. The van der Waals surface area contributed by atoms with Gasteiger partial charge in [-0.15, -0.1) is 0 Å². The van der Waals surface area contributed by atoms with Crippen molar-refractivity contribution in [1.82, 2.24) is 0 Å². The first-order chi connectivity index (χ1) is 6.22. The molecular weight excluding hydrogens is 165 g/mol. The number of hydrogen-bond donors (Lipinski definition) is 2. The average molecular weight is 173 g/mol. The maximum atomic E-state index is 11.2. The summed E-state index contributed by atoms with van der Waals surface area (Å²) in [6.07, 6.45) is 0.844. The number of aliphatic hydroxyl groups excluding tert-OH is 1. The summed E-state index contributed by atoms with van der Waals surface area (Å²) < 4.78 is 0. The Morgan fingerprint density at radius 3 is 2.92 bits per heavy atom. The Balaban J connectivity index is 2.61. The van der Waals surface area contributed by atoms with E-state index in [0.717, 1.165) is 23.0 Å². The van der Waals surface area contributed by atoms with Crippen molar-refractivity contribution >= 4 is 30.5 Å². The smallest absolute Gasteiger partial charge is 0.259 e. The van der Waals surface area contributed by atoms with Gasteiger partial charge in [0.15, 0.2) is 0 Å². The molecule has 1 amide bonds. The van der Waals surface area contributed by atoms with Crippen LogP contribution in [-0.2, 0) is 4.79 Å². The number of aliphatic hydroxyl groups is 1. The summed E-state index contributed by atoms with van der Waals surface area (Å²) in [6, 6.07) is 5.61. The molecule has 1 aliphatic heterocycles. The molecule has 1 aromatic rings. The van der Waals surface area contributed by atoms with E-state index in [2.05, 4.69) is 5.32 Å². The Kier molecular flexibility index (Phi) is 1.62. The molecule has 4 heteroatoms. The third-order valence-corrected chi connectivity index (χ3v) is 2.09. The maximum absolute atomic E-state index is 11.2. The van der Waals surface area contributed by atoms with Crippen molar-refractivity contribution in [2.45, 2.75) is 0 Å². The second-order valence-corrected chi connectivity index (χ2v) is 3.05. The van der Waals surface area contributed by atoms with Crippen molar-refractivity contribution in [3.63, 3.8) is 0 Å². The second kappa shape index (κ2) is 2.66. The first-order valence-corrected chi connectivity index (χ1v) is 3.99. The van der Waals surface area contributed by atoms with Gasteiger partial charge in [-0.05, 0) is 6.07 Å².